The summed E-state index contributed by atoms with van der Waals surface area (Å²) in [6, 6.07) is 14.6. The number of amides is 3. The molecule has 1 aliphatic heterocycles. The molecule has 0 fully saturated rings. The van der Waals surface area contributed by atoms with E-state index in [0.717, 1.165) is 22.4 Å². The maximum atomic E-state index is 12.9. The van der Waals surface area contributed by atoms with Gasteiger partial charge in [-0.2, -0.15) is 0 Å². The standard InChI is InChI=1S/C20H21N3O2/c1-12-4-8-15(9-5-12)18-17(14(3)21-20(25)23-18)19(24)22-16-10-6-13(2)7-11-16/h4-11,18H,1-3H3,(H,22,24)(H2,21,23,25)/t18-/m1/s1. The van der Waals surface area contributed by atoms with Crippen molar-refractivity contribution >= 4 is 17.6 Å². The monoisotopic (exact) mass is 335 g/mol. The minimum atomic E-state index is -0.486. The van der Waals surface area contributed by atoms with Crippen LogP contribution in [0.3, 0.4) is 0 Å². The molecule has 0 saturated heterocycles. The van der Waals surface area contributed by atoms with Gasteiger partial charge in [-0.05, 0) is 38.5 Å². The highest BCUT2D eigenvalue weighted by Crippen LogP contribution is 2.28. The van der Waals surface area contributed by atoms with Crippen LogP contribution in [-0.4, -0.2) is 11.9 Å². The van der Waals surface area contributed by atoms with Crippen LogP contribution in [0.25, 0.3) is 0 Å². The maximum Gasteiger partial charge on any atom is 0.319 e. The van der Waals surface area contributed by atoms with E-state index in [0.29, 0.717) is 11.3 Å². The Morgan fingerprint density at radius 1 is 0.920 bits per heavy atom. The highest BCUT2D eigenvalue weighted by atomic mass is 16.2. The lowest BCUT2D eigenvalue weighted by molar-refractivity contribution is -0.113. The summed E-state index contributed by atoms with van der Waals surface area (Å²) in [5.41, 5.74) is 4.89. The molecule has 3 rings (SSSR count). The molecule has 0 unspecified atom stereocenters. The van der Waals surface area contributed by atoms with Gasteiger partial charge in [-0.1, -0.05) is 47.5 Å². The van der Waals surface area contributed by atoms with Gasteiger partial charge in [0.05, 0.1) is 11.6 Å². The summed E-state index contributed by atoms with van der Waals surface area (Å²) in [7, 11) is 0. The van der Waals surface area contributed by atoms with Crippen molar-refractivity contribution in [3.05, 3.63) is 76.5 Å². The Morgan fingerprint density at radius 2 is 1.48 bits per heavy atom. The number of nitrogens with one attached hydrogen (secondary N) is 3. The van der Waals surface area contributed by atoms with Gasteiger partial charge in [0.1, 0.15) is 0 Å². The van der Waals surface area contributed by atoms with Crippen molar-refractivity contribution in [3.63, 3.8) is 0 Å². The Morgan fingerprint density at radius 3 is 2.08 bits per heavy atom. The van der Waals surface area contributed by atoms with E-state index < -0.39 is 6.04 Å². The van der Waals surface area contributed by atoms with Gasteiger partial charge in [-0.25, -0.2) is 4.79 Å². The van der Waals surface area contributed by atoms with E-state index in [2.05, 4.69) is 16.0 Å². The Hall–Kier alpha value is -3.08. The molecule has 2 aromatic rings. The minimum Gasteiger partial charge on any atom is -0.327 e. The average Bonchev–Trinajstić information content (AvgIpc) is 2.57. The third kappa shape index (κ3) is 3.71. The summed E-state index contributed by atoms with van der Waals surface area (Å²) >= 11 is 0. The van der Waals surface area contributed by atoms with Gasteiger partial charge >= 0.3 is 6.03 Å². The first kappa shape index (κ1) is 16.8. The Bertz CT molecular complexity index is 836. The minimum absolute atomic E-state index is 0.237. The average molecular weight is 335 g/mol. The summed E-state index contributed by atoms with van der Waals surface area (Å²) in [5.74, 6) is -0.237. The van der Waals surface area contributed by atoms with Crippen molar-refractivity contribution in [2.75, 3.05) is 5.32 Å². The quantitative estimate of drug-likeness (QED) is 0.802. The van der Waals surface area contributed by atoms with E-state index in [1.807, 2.05) is 62.4 Å². The molecule has 0 saturated carbocycles. The molecular formula is C20H21N3O2. The first-order valence-electron chi connectivity index (χ1n) is 8.17. The zero-order valence-electron chi connectivity index (χ0n) is 14.5. The molecule has 3 amide bonds. The maximum absolute atomic E-state index is 12.9. The number of rotatable bonds is 3. The molecule has 1 atom stereocenters. The van der Waals surface area contributed by atoms with Crippen molar-refractivity contribution < 1.29 is 9.59 Å². The molecule has 5 heteroatoms. The van der Waals surface area contributed by atoms with E-state index in [1.165, 1.54) is 0 Å². The van der Waals surface area contributed by atoms with Crippen LogP contribution in [0.1, 0.15) is 29.7 Å². The number of urea groups is 1. The predicted molar refractivity (Wildman–Crippen MR) is 98.1 cm³/mol. The first-order valence-corrected chi connectivity index (χ1v) is 8.17. The molecule has 1 aliphatic rings. The predicted octanol–water partition coefficient (Wildman–Crippen LogP) is 3.57. The number of hydrogen-bond donors (Lipinski definition) is 3. The van der Waals surface area contributed by atoms with E-state index in [1.54, 1.807) is 6.92 Å². The second-order valence-electron chi connectivity index (χ2n) is 6.30. The van der Waals surface area contributed by atoms with Gasteiger partial charge in [0.25, 0.3) is 5.91 Å². The molecule has 0 aromatic heterocycles. The summed E-state index contributed by atoms with van der Waals surface area (Å²) < 4.78 is 0. The van der Waals surface area contributed by atoms with Crippen molar-refractivity contribution in [1.29, 1.82) is 0 Å². The summed E-state index contributed by atoms with van der Waals surface area (Å²) in [6.07, 6.45) is 0. The van der Waals surface area contributed by atoms with Gasteiger partial charge in [-0.3, -0.25) is 4.79 Å². The highest BCUT2D eigenvalue weighted by Gasteiger charge is 2.31. The molecule has 0 radical (unpaired) electrons. The molecule has 2 aromatic carbocycles. The summed E-state index contributed by atoms with van der Waals surface area (Å²) in [6.45, 7) is 5.73. The van der Waals surface area contributed by atoms with Crippen LogP contribution in [0.2, 0.25) is 0 Å². The Kier molecular flexibility index (Phi) is 4.57. The lowest BCUT2D eigenvalue weighted by Crippen LogP contribution is -2.45. The number of carbonyl (C=O) groups is 2. The van der Waals surface area contributed by atoms with Crippen LogP contribution in [-0.2, 0) is 4.79 Å². The Labute approximate surface area is 147 Å². The largest absolute Gasteiger partial charge is 0.327 e. The van der Waals surface area contributed by atoms with E-state index in [4.69, 9.17) is 0 Å². The smallest absolute Gasteiger partial charge is 0.319 e. The fourth-order valence-corrected chi connectivity index (χ4v) is 2.84. The topological polar surface area (TPSA) is 70.2 Å². The normalized spacial score (nSPS) is 16.9. The van der Waals surface area contributed by atoms with Crippen LogP contribution in [0, 0.1) is 13.8 Å². The van der Waals surface area contributed by atoms with Crippen molar-refractivity contribution in [3.8, 4) is 0 Å². The molecule has 25 heavy (non-hydrogen) atoms. The second kappa shape index (κ2) is 6.81. The van der Waals surface area contributed by atoms with E-state index in [9.17, 15) is 9.59 Å². The summed E-state index contributed by atoms with van der Waals surface area (Å²) in [5, 5.41) is 8.43. The van der Waals surface area contributed by atoms with Crippen LogP contribution in [0.4, 0.5) is 10.5 Å². The zero-order valence-corrected chi connectivity index (χ0v) is 14.5. The van der Waals surface area contributed by atoms with Crippen LogP contribution in [0.5, 0.6) is 0 Å². The summed E-state index contributed by atoms with van der Waals surface area (Å²) in [4.78, 5) is 24.8. The van der Waals surface area contributed by atoms with Crippen molar-refractivity contribution in [2.45, 2.75) is 26.8 Å². The molecule has 5 nitrogen and oxygen atoms in total. The molecule has 0 spiro atoms. The third-order valence-electron chi connectivity index (χ3n) is 4.23. The lowest BCUT2D eigenvalue weighted by Gasteiger charge is -2.28. The molecule has 0 bridgehead atoms. The molecule has 1 heterocycles. The van der Waals surface area contributed by atoms with Gasteiger partial charge in [0, 0.05) is 11.4 Å². The molecule has 0 aliphatic carbocycles. The SMILES string of the molecule is CC1=C(C(=O)Nc2ccc(C)cc2)[C@@H](c2ccc(C)cc2)NC(=O)N1. The number of aryl methyl sites for hydroxylation is 2. The third-order valence-corrected chi connectivity index (χ3v) is 4.23. The Balaban J connectivity index is 1.92. The fourth-order valence-electron chi connectivity index (χ4n) is 2.84. The highest BCUT2D eigenvalue weighted by molar-refractivity contribution is 6.06. The number of allylic oxidation sites excluding steroid dienone is 1. The van der Waals surface area contributed by atoms with Crippen LogP contribution < -0.4 is 16.0 Å². The first-order chi connectivity index (χ1) is 11.9. The van der Waals surface area contributed by atoms with Gasteiger partial charge in [-0.15, -0.1) is 0 Å². The fraction of sp³-hybridized carbons (Fsp3) is 0.200. The van der Waals surface area contributed by atoms with Crippen molar-refractivity contribution in [2.24, 2.45) is 0 Å². The van der Waals surface area contributed by atoms with E-state index >= 15 is 0 Å². The number of benzene rings is 2. The van der Waals surface area contributed by atoms with Crippen LogP contribution >= 0.6 is 0 Å². The number of hydrogen-bond acceptors (Lipinski definition) is 2. The lowest BCUT2D eigenvalue weighted by atomic mass is 9.94. The van der Waals surface area contributed by atoms with Gasteiger partial charge in [0.15, 0.2) is 0 Å². The van der Waals surface area contributed by atoms with Crippen molar-refractivity contribution in [1.82, 2.24) is 10.6 Å². The number of carbonyl (C=O) groups excluding carboxylic acids is 2. The zero-order chi connectivity index (χ0) is 18.0. The van der Waals surface area contributed by atoms with Gasteiger partial charge < -0.3 is 16.0 Å². The van der Waals surface area contributed by atoms with Gasteiger partial charge in [0.2, 0.25) is 0 Å². The molecular weight excluding hydrogens is 314 g/mol. The molecule has 128 valence electrons. The number of anilines is 1. The van der Waals surface area contributed by atoms with Crippen LogP contribution in [0.15, 0.2) is 59.8 Å². The second-order valence-corrected chi connectivity index (χ2v) is 6.30. The molecule has 3 N–H and O–H groups in total. The van der Waals surface area contributed by atoms with E-state index in [-0.39, 0.29) is 11.9 Å².